The average molecular weight is 405 g/mol. The van der Waals surface area contributed by atoms with E-state index in [2.05, 4.69) is 12.2 Å². The summed E-state index contributed by atoms with van der Waals surface area (Å²) in [6.45, 7) is 4.25. The molecule has 0 fully saturated rings. The molecule has 166 valence electrons. The number of amides is 1. The highest BCUT2D eigenvalue weighted by atomic mass is 16.5. The second-order valence-corrected chi connectivity index (χ2v) is 8.01. The lowest BCUT2D eigenvalue weighted by Gasteiger charge is -2.12. The maximum Gasteiger partial charge on any atom is 0.220 e. The molecule has 29 heavy (non-hydrogen) atoms. The summed E-state index contributed by atoms with van der Waals surface area (Å²) in [5.74, 6) is 0.998. The van der Waals surface area contributed by atoms with Gasteiger partial charge in [-0.2, -0.15) is 0 Å². The minimum atomic E-state index is 0.103. The van der Waals surface area contributed by atoms with Crippen molar-refractivity contribution in [3.63, 3.8) is 0 Å². The van der Waals surface area contributed by atoms with E-state index in [-0.39, 0.29) is 5.91 Å². The Kier molecular flexibility index (Phi) is 16.2. The van der Waals surface area contributed by atoms with Crippen LogP contribution in [0, 0.1) is 0 Å². The molecule has 1 aromatic carbocycles. The first-order valence-electron chi connectivity index (χ1n) is 12.0. The van der Waals surface area contributed by atoms with Gasteiger partial charge >= 0.3 is 0 Å². The van der Waals surface area contributed by atoms with Gasteiger partial charge in [0, 0.05) is 18.5 Å². The van der Waals surface area contributed by atoms with Gasteiger partial charge in [0.15, 0.2) is 0 Å². The maximum absolute atomic E-state index is 12.0. The Morgan fingerprint density at radius 2 is 1.48 bits per heavy atom. The van der Waals surface area contributed by atoms with Crippen molar-refractivity contribution in [3.8, 4) is 5.75 Å². The third-order valence-corrected chi connectivity index (χ3v) is 5.31. The van der Waals surface area contributed by atoms with Crippen molar-refractivity contribution in [3.05, 3.63) is 29.8 Å². The average Bonchev–Trinajstić information content (AvgIpc) is 2.74. The van der Waals surface area contributed by atoms with Crippen LogP contribution in [-0.2, 0) is 11.3 Å². The van der Waals surface area contributed by atoms with Gasteiger partial charge in [0.1, 0.15) is 5.75 Å². The molecule has 0 saturated heterocycles. The van der Waals surface area contributed by atoms with Crippen molar-refractivity contribution >= 4 is 5.91 Å². The molecule has 0 radical (unpaired) electrons. The van der Waals surface area contributed by atoms with Crippen LogP contribution in [0.3, 0.4) is 0 Å². The summed E-state index contributed by atoms with van der Waals surface area (Å²) in [4.78, 5) is 12.0. The minimum absolute atomic E-state index is 0.103. The lowest BCUT2D eigenvalue weighted by atomic mass is 10.1. The fourth-order valence-electron chi connectivity index (χ4n) is 3.45. The fourth-order valence-corrected chi connectivity index (χ4v) is 3.45. The lowest BCUT2D eigenvalue weighted by Crippen LogP contribution is -2.22. The molecule has 0 unspecified atom stereocenters. The molecule has 0 aliphatic rings. The summed E-state index contributed by atoms with van der Waals surface area (Å²) >= 11 is 0. The van der Waals surface area contributed by atoms with E-state index in [0.717, 1.165) is 43.6 Å². The van der Waals surface area contributed by atoms with E-state index < -0.39 is 0 Å². The summed E-state index contributed by atoms with van der Waals surface area (Å²) in [5.41, 5.74) is 6.53. The summed E-state index contributed by atoms with van der Waals surface area (Å²) in [6.07, 6.45) is 16.7. The van der Waals surface area contributed by atoms with Crippen LogP contribution < -0.4 is 15.8 Å². The number of ether oxygens (including phenoxy) is 1. The number of carbonyl (C=O) groups is 1. The summed E-state index contributed by atoms with van der Waals surface area (Å²) in [5, 5.41) is 3.01. The summed E-state index contributed by atoms with van der Waals surface area (Å²) in [7, 11) is 0. The van der Waals surface area contributed by atoms with Crippen LogP contribution in [0.5, 0.6) is 5.75 Å². The lowest BCUT2D eigenvalue weighted by molar-refractivity contribution is -0.121. The Morgan fingerprint density at radius 3 is 2.17 bits per heavy atom. The minimum Gasteiger partial charge on any atom is -0.493 e. The molecule has 4 nitrogen and oxygen atoms in total. The van der Waals surface area contributed by atoms with Crippen LogP contribution in [0.25, 0.3) is 0 Å². The smallest absolute Gasteiger partial charge is 0.220 e. The third-order valence-electron chi connectivity index (χ3n) is 5.31. The van der Waals surface area contributed by atoms with Gasteiger partial charge in [0.05, 0.1) is 6.61 Å². The quantitative estimate of drug-likeness (QED) is 0.273. The highest BCUT2D eigenvalue weighted by Crippen LogP contribution is 2.18. The Morgan fingerprint density at radius 1 is 0.862 bits per heavy atom. The molecule has 1 aromatic rings. The van der Waals surface area contributed by atoms with E-state index in [9.17, 15) is 4.79 Å². The molecule has 4 heteroatoms. The highest BCUT2D eigenvalue weighted by Gasteiger charge is 2.06. The van der Waals surface area contributed by atoms with Crippen LogP contribution in [-0.4, -0.2) is 19.1 Å². The van der Waals surface area contributed by atoms with Crippen LogP contribution in [0.2, 0.25) is 0 Å². The first-order chi connectivity index (χ1) is 14.3. The van der Waals surface area contributed by atoms with Gasteiger partial charge in [-0.3, -0.25) is 4.79 Å². The molecule has 0 saturated carbocycles. The van der Waals surface area contributed by atoms with Crippen molar-refractivity contribution in [2.45, 2.75) is 103 Å². The molecule has 0 heterocycles. The molecule has 0 atom stereocenters. The number of nitrogens with two attached hydrogens (primary N) is 1. The number of hydrogen-bond acceptors (Lipinski definition) is 3. The SMILES string of the molecule is CCCCCCCCCCCCOc1ccccc1CNC(=O)CCCCCN. The zero-order chi connectivity index (χ0) is 21.0. The number of carbonyl (C=O) groups excluding carboxylic acids is 1. The van der Waals surface area contributed by atoms with Crippen molar-refractivity contribution in [1.29, 1.82) is 0 Å². The van der Waals surface area contributed by atoms with Crippen LogP contribution in [0.1, 0.15) is 102 Å². The van der Waals surface area contributed by atoms with E-state index in [0.29, 0.717) is 19.5 Å². The predicted molar refractivity (Wildman–Crippen MR) is 123 cm³/mol. The van der Waals surface area contributed by atoms with Gasteiger partial charge < -0.3 is 15.8 Å². The normalized spacial score (nSPS) is 10.8. The molecule has 3 N–H and O–H groups in total. The van der Waals surface area contributed by atoms with Crippen LogP contribution >= 0.6 is 0 Å². The van der Waals surface area contributed by atoms with Gasteiger partial charge in [-0.25, -0.2) is 0 Å². The van der Waals surface area contributed by atoms with E-state index >= 15 is 0 Å². The van der Waals surface area contributed by atoms with Crippen LogP contribution in [0.15, 0.2) is 24.3 Å². The largest absolute Gasteiger partial charge is 0.493 e. The molecule has 0 spiro atoms. The Balaban J connectivity index is 2.12. The molecule has 0 bridgehead atoms. The predicted octanol–water partition coefficient (Wildman–Crippen LogP) is 6.12. The molecule has 1 amide bonds. The maximum atomic E-state index is 12.0. The van der Waals surface area contributed by atoms with E-state index in [1.54, 1.807) is 0 Å². The molecular weight excluding hydrogens is 360 g/mol. The molecule has 0 aliphatic carbocycles. The number of para-hydroxylation sites is 1. The number of benzene rings is 1. The van der Waals surface area contributed by atoms with Gasteiger partial charge in [-0.05, 0) is 31.9 Å². The van der Waals surface area contributed by atoms with Gasteiger partial charge in [0.2, 0.25) is 5.91 Å². The Hall–Kier alpha value is -1.55. The second-order valence-electron chi connectivity index (χ2n) is 8.01. The second kappa shape index (κ2) is 18.5. The van der Waals surface area contributed by atoms with E-state index in [4.69, 9.17) is 10.5 Å². The van der Waals surface area contributed by atoms with E-state index in [1.165, 1.54) is 57.8 Å². The van der Waals surface area contributed by atoms with Gasteiger partial charge in [0.25, 0.3) is 0 Å². The Labute approximate surface area is 179 Å². The number of unbranched alkanes of at least 4 members (excludes halogenated alkanes) is 11. The number of nitrogens with one attached hydrogen (secondary N) is 1. The van der Waals surface area contributed by atoms with Gasteiger partial charge in [-0.1, -0.05) is 89.3 Å². The van der Waals surface area contributed by atoms with Gasteiger partial charge in [-0.15, -0.1) is 0 Å². The standard InChI is InChI=1S/C25H44N2O2/c1-2-3-4-5-6-7-8-9-10-16-21-29-24-18-14-13-17-23(24)22-27-25(28)19-12-11-15-20-26/h13-14,17-18H,2-12,15-16,19-22,26H2,1H3,(H,27,28). The topological polar surface area (TPSA) is 64.3 Å². The summed E-state index contributed by atoms with van der Waals surface area (Å²) < 4.78 is 5.99. The molecule has 0 aliphatic heterocycles. The van der Waals surface area contributed by atoms with Crippen molar-refractivity contribution in [2.75, 3.05) is 13.2 Å². The Bertz CT molecular complexity index is 519. The monoisotopic (exact) mass is 404 g/mol. The first-order valence-corrected chi connectivity index (χ1v) is 12.0. The number of rotatable bonds is 19. The first kappa shape index (κ1) is 25.5. The molecular formula is C25H44N2O2. The van der Waals surface area contributed by atoms with E-state index in [1.807, 2.05) is 24.3 Å². The summed E-state index contributed by atoms with van der Waals surface area (Å²) in [6, 6.07) is 8.02. The fraction of sp³-hybridized carbons (Fsp3) is 0.720. The third kappa shape index (κ3) is 14.1. The van der Waals surface area contributed by atoms with Crippen molar-refractivity contribution in [1.82, 2.24) is 5.32 Å². The van der Waals surface area contributed by atoms with Crippen molar-refractivity contribution in [2.24, 2.45) is 5.73 Å². The molecule has 1 rings (SSSR count). The zero-order valence-corrected chi connectivity index (χ0v) is 18.7. The van der Waals surface area contributed by atoms with Crippen LogP contribution in [0.4, 0.5) is 0 Å². The van der Waals surface area contributed by atoms with Crippen molar-refractivity contribution < 1.29 is 9.53 Å². The molecule has 0 aromatic heterocycles. The zero-order valence-electron chi connectivity index (χ0n) is 18.7. The number of hydrogen-bond donors (Lipinski definition) is 2. The highest BCUT2D eigenvalue weighted by molar-refractivity contribution is 5.75.